The third-order valence-electron chi connectivity index (χ3n) is 3.17. The molecular weight excluding hydrogens is 312 g/mol. The normalized spacial score (nSPS) is 12.8. The fraction of sp³-hybridized carbons (Fsp3) is 0.333. The van der Waals surface area contributed by atoms with Crippen LogP contribution in [0.3, 0.4) is 0 Å². The zero-order valence-electron chi connectivity index (χ0n) is 11.0. The Bertz CT molecular complexity index is 586. The first-order valence-corrected chi connectivity index (χ1v) is 7.10. The van der Waals surface area contributed by atoms with Gasteiger partial charge in [0.25, 0.3) is 0 Å². The molecule has 2 rings (SSSR count). The van der Waals surface area contributed by atoms with E-state index in [1.54, 1.807) is 0 Å². The van der Waals surface area contributed by atoms with Crippen LogP contribution < -0.4 is 0 Å². The molecule has 1 unspecified atom stereocenters. The molecular formula is C15H16BrClO. The minimum atomic E-state index is -0.158. The van der Waals surface area contributed by atoms with Gasteiger partial charge in [-0.05, 0) is 56.5 Å². The van der Waals surface area contributed by atoms with Crippen LogP contribution in [0.15, 0.2) is 27.1 Å². The number of hydrogen-bond acceptors (Lipinski definition) is 1. The summed E-state index contributed by atoms with van der Waals surface area (Å²) in [6.07, 6.45) is 0. The molecule has 1 aromatic heterocycles. The van der Waals surface area contributed by atoms with Crippen molar-refractivity contribution in [2.24, 2.45) is 0 Å². The number of benzene rings is 1. The zero-order chi connectivity index (χ0) is 13.4. The summed E-state index contributed by atoms with van der Waals surface area (Å²) in [5.41, 5.74) is 4.57. The predicted octanol–water partition coefficient (Wildman–Crippen LogP) is 5.60. The van der Waals surface area contributed by atoms with Crippen molar-refractivity contribution in [2.45, 2.75) is 33.1 Å². The molecule has 0 amide bonds. The van der Waals surface area contributed by atoms with Crippen molar-refractivity contribution in [3.05, 3.63) is 56.4 Å². The van der Waals surface area contributed by atoms with Gasteiger partial charge >= 0.3 is 0 Å². The third-order valence-corrected chi connectivity index (χ3v) is 4.50. The standard InChI is InChI=1S/C15H16BrClO/c1-8-6-14(16)9(2)5-12(8)15(17)13-7-10(3)18-11(13)4/h5-7,15H,1-4H3. The van der Waals surface area contributed by atoms with E-state index in [1.165, 1.54) is 11.1 Å². The van der Waals surface area contributed by atoms with Crippen molar-refractivity contribution < 1.29 is 4.42 Å². The van der Waals surface area contributed by atoms with Crippen molar-refractivity contribution in [1.82, 2.24) is 0 Å². The lowest BCUT2D eigenvalue weighted by atomic mass is 9.98. The van der Waals surface area contributed by atoms with Gasteiger partial charge in [-0.15, -0.1) is 11.6 Å². The van der Waals surface area contributed by atoms with Gasteiger partial charge in [0.2, 0.25) is 0 Å². The van der Waals surface area contributed by atoms with E-state index in [-0.39, 0.29) is 5.38 Å². The van der Waals surface area contributed by atoms with E-state index < -0.39 is 0 Å². The van der Waals surface area contributed by atoms with Crippen LogP contribution >= 0.6 is 27.5 Å². The SMILES string of the molecule is Cc1cc(C(Cl)c2cc(C)c(Br)cc2C)c(C)o1. The first-order valence-electron chi connectivity index (χ1n) is 5.87. The summed E-state index contributed by atoms with van der Waals surface area (Å²) in [4.78, 5) is 0. The Morgan fingerprint density at radius 2 is 1.67 bits per heavy atom. The Hall–Kier alpha value is -0.730. The Morgan fingerprint density at radius 1 is 1.00 bits per heavy atom. The molecule has 1 heterocycles. The molecule has 1 nitrogen and oxygen atoms in total. The molecule has 0 fully saturated rings. The molecule has 96 valence electrons. The van der Waals surface area contributed by atoms with Crippen molar-refractivity contribution in [2.75, 3.05) is 0 Å². The van der Waals surface area contributed by atoms with Gasteiger partial charge in [-0.2, -0.15) is 0 Å². The van der Waals surface area contributed by atoms with Crippen LogP contribution in [0.25, 0.3) is 0 Å². The predicted molar refractivity (Wildman–Crippen MR) is 79.5 cm³/mol. The van der Waals surface area contributed by atoms with Crippen LogP contribution in [0.1, 0.15) is 39.2 Å². The van der Waals surface area contributed by atoms with Crippen LogP contribution in [0, 0.1) is 27.7 Å². The molecule has 0 N–H and O–H groups in total. The van der Waals surface area contributed by atoms with E-state index in [0.29, 0.717) is 0 Å². The topological polar surface area (TPSA) is 13.1 Å². The smallest absolute Gasteiger partial charge is 0.106 e. The average Bonchev–Trinajstić information content (AvgIpc) is 2.62. The summed E-state index contributed by atoms with van der Waals surface area (Å²) in [5, 5.41) is -0.158. The van der Waals surface area contributed by atoms with Crippen LogP contribution in [0.2, 0.25) is 0 Å². The highest BCUT2D eigenvalue weighted by Gasteiger charge is 2.19. The number of halogens is 2. The van der Waals surface area contributed by atoms with Gasteiger partial charge in [0, 0.05) is 10.0 Å². The molecule has 3 heteroatoms. The number of furan rings is 1. The van der Waals surface area contributed by atoms with Crippen LogP contribution in [-0.4, -0.2) is 0 Å². The molecule has 0 spiro atoms. The van der Waals surface area contributed by atoms with Gasteiger partial charge in [-0.3, -0.25) is 0 Å². The van der Waals surface area contributed by atoms with Gasteiger partial charge in [0.15, 0.2) is 0 Å². The van der Waals surface area contributed by atoms with Crippen molar-refractivity contribution in [3.8, 4) is 0 Å². The minimum absolute atomic E-state index is 0.158. The van der Waals surface area contributed by atoms with E-state index in [9.17, 15) is 0 Å². The molecule has 0 aliphatic heterocycles. The molecule has 1 aromatic carbocycles. The molecule has 0 saturated heterocycles. The van der Waals surface area contributed by atoms with Gasteiger partial charge in [0.05, 0.1) is 5.38 Å². The molecule has 2 aromatic rings. The van der Waals surface area contributed by atoms with E-state index >= 15 is 0 Å². The highest BCUT2D eigenvalue weighted by atomic mass is 79.9. The summed E-state index contributed by atoms with van der Waals surface area (Å²) in [5.74, 6) is 1.80. The van der Waals surface area contributed by atoms with Crippen molar-refractivity contribution >= 4 is 27.5 Å². The van der Waals surface area contributed by atoms with E-state index in [4.69, 9.17) is 16.0 Å². The third kappa shape index (κ3) is 2.50. The van der Waals surface area contributed by atoms with Gasteiger partial charge in [-0.1, -0.05) is 22.0 Å². The van der Waals surface area contributed by atoms with Crippen molar-refractivity contribution in [1.29, 1.82) is 0 Å². The largest absolute Gasteiger partial charge is 0.466 e. The second-order valence-electron chi connectivity index (χ2n) is 4.69. The molecule has 0 aliphatic carbocycles. The van der Waals surface area contributed by atoms with Crippen molar-refractivity contribution in [3.63, 3.8) is 0 Å². The lowest BCUT2D eigenvalue weighted by Gasteiger charge is -2.14. The Morgan fingerprint density at radius 3 is 2.22 bits per heavy atom. The van der Waals surface area contributed by atoms with E-state index in [2.05, 4.69) is 41.9 Å². The first kappa shape index (κ1) is 13.7. The van der Waals surface area contributed by atoms with Gasteiger partial charge in [-0.25, -0.2) is 0 Å². The highest BCUT2D eigenvalue weighted by Crippen LogP contribution is 2.36. The van der Waals surface area contributed by atoms with Crippen LogP contribution in [-0.2, 0) is 0 Å². The average molecular weight is 328 g/mol. The second-order valence-corrected chi connectivity index (χ2v) is 5.98. The molecule has 18 heavy (non-hydrogen) atoms. The minimum Gasteiger partial charge on any atom is -0.466 e. The number of aryl methyl sites for hydroxylation is 4. The maximum Gasteiger partial charge on any atom is 0.106 e. The summed E-state index contributed by atoms with van der Waals surface area (Å²) in [6, 6.07) is 6.27. The Kier molecular flexibility index (Phi) is 3.88. The second kappa shape index (κ2) is 5.10. The summed E-state index contributed by atoms with van der Waals surface area (Å²) >= 11 is 10.1. The summed E-state index contributed by atoms with van der Waals surface area (Å²) in [6.45, 7) is 8.06. The number of rotatable bonds is 2. The molecule has 0 bridgehead atoms. The van der Waals surface area contributed by atoms with E-state index in [1.807, 2.05) is 19.9 Å². The Labute approximate surface area is 121 Å². The zero-order valence-corrected chi connectivity index (χ0v) is 13.3. The first-order chi connectivity index (χ1) is 8.40. The van der Waals surface area contributed by atoms with Gasteiger partial charge in [0.1, 0.15) is 11.5 Å². The fourth-order valence-electron chi connectivity index (χ4n) is 2.15. The molecule has 1 atom stereocenters. The maximum absolute atomic E-state index is 6.60. The Balaban J connectivity index is 2.49. The fourth-order valence-corrected chi connectivity index (χ4v) is 3.06. The van der Waals surface area contributed by atoms with Gasteiger partial charge < -0.3 is 4.42 Å². The molecule has 0 saturated carbocycles. The van der Waals surface area contributed by atoms with Crippen LogP contribution in [0.5, 0.6) is 0 Å². The highest BCUT2D eigenvalue weighted by molar-refractivity contribution is 9.10. The lowest BCUT2D eigenvalue weighted by Crippen LogP contribution is -1.98. The number of alkyl halides is 1. The summed E-state index contributed by atoms with van der Waals surface area (Å²) in [7, 11) is 0. The molecule has 0 aliphatic rings. The summed E-state index contributed by atoms with van der Waals surface area (Å²) < 4.78 is 6.68. The quantitative estimate of drug-likeness (QED) is 0.654. The monoisotopic (exact) mass is 326 g/mol. The number of hydrogen-bond donors (Lipinski definition) is 0. The van der Waals surface area contributed by atoms with Crippen LogP contribution in [0.4, 0.5) is 0 Å². The van der Waals surface area contributed by atoms with E-state index in [0.717, 1.165) is 27.1 Å². The lowest BCUT2D eigenvalue weighted by molar-refractivity contribution is 0.501. The maximum atomic E-state index is 6.60. The molecule has 0 radical (unpaired) electrons.